The Labute approximate surface area is 470 Å². The summed E-state index contributed by atoms with van der Waals surface area (Å²) in [4.78, 5) is 38.3. The maximum Gasteiger partial charge on any atom is 0.306 e. The molecule has 0 aromatic heterocycles. The first-order chi connectivity index (χ1) is 37.5. The molecule has 0 radical (unpaired) electrons. The summed E-state index contributed by atoms with van der Waals surface area (Å²) >= 11 is 0. The van der Waals surface area contributed by atoms with E-state index in [-0.39, 0.29) is 31.1 Å². The monoisotopic (exact) mass is 1050 g/mol. The van der Waals surface area contributed by atoms with Crippen LogP contribution in [0.25, 0.3) is 0 Å². The van der Waals surface area contributed by atoms with Crippen molar-refractivity contribution < 1.29 is 28.6 Å². The van der Waals surface area contributed by atoms with E-state index in [0.717, 1.165) is 128 Å². The fourth-order valence-electron chi connectivity index (χ4n) is 8.75. The maximum absolute atomic E-state index is 12.9. The zero-order chi connectivity index (χ0) is 55.0. The zero-order valence-corrected chi connectivity index (χ0v) is 49.7. The van der Waals surface area contributed by atoms with E-state index >= 15 is 0 Å². The zero-order valence-electron chi connectivity index (χ0n) is 49.7. The molecule has 0 N–H and O–H groups in total. The third-order valence-corrected chi connectivity index (χ3v) is 13.5. The average molecular weight is 1060 g/mol. The number of hydrogen-bond acceptors (Lipinski definition) is 6. The van der Waals surface area contributed by atoms with E-state index in [2.05, 4.69) is 130 Å². The molecule has 0 saturated heterocycles. The fraction of sp³-hybridized carbons (Fsp3) is 0.700. The van der Waals surface area contributed by atoms with Gasteiger partial charge in [0.25, 0.3) is 0 Å². The standard InChI is InChI=1S/C70H118O6/c1-4-7-10-13-16-19-22-25-27-29-31-32-33-34-35-36-37-38-40-41-43-45-48-51-54-57-60-63-69(72)75-66-67(65-74-68(71)62-59-56-53-50-47-24-21-18-15-12-9-6-3)76-70(73)64-61-58-55-52-49-46-44-42-39-30-28-26-23-20-17-14-11-8-5-2/h7,10,16-17,19-20,25-28,31-32,34-35,37-39,42,67H,4-6,8-9,11-15,18,21-24,29-30,33,36,40-41,43-66H2,1-3H3/b10-7-,19-16-,20-17-,27-25-,28-26-,32-31-,35-34-,38-37-,42-39-. The third-order valence-electron chi connectivity index (χ3n) is 13.5. The topological polar surface area (TPSA) is 78.9 Å². The first kappa shape index (κ1) is 72.1. The molecule has 0 rings (SSSR count). The summed E-state index contributed by atoms with van der Waals surface area (Å²) in [6, 6.07) is 0. The lowest BCUT2D eigenvalue weighted by Gasteiger charge is -2.18. The van der Waals surface area contributed by atoms with Gasteiger partial charge < -0.3 is 14.2 Å². The van der Waals surface area contributed by atoms with Crippen molar-refractivity contribution in [2.45, 2.75) is 303 Å². The summed E-state index contributed by atoms with van der Waals surface area (Å²) in [5, 5.41) is 0. The van der Waals surface area contributed by atoms with Crippen molar-refractivity contribution in [2.75, 3.05) is 13.2 Å². The van der Waals surface area contributed by atoms with E-state index in [1.54, 1.807) is 0 Å². The van der Waals surface area contributed by atoms with Gasteiger partial charge in [-0.25, -0.2) is 0 Å². The van der Waals surface area contributed by atoms with Crippen LogP contribution >= 0.6 is 0 Å². The van der Waals surface area contributed by atoms with Crippen molar-refractivity contribution in [1.82, 2.24) is 0 Å². The quantitative estimate of drug-likeness (QED) is 0.0261. The van der Waals surface area contributed by atoms with Crippen LogP contribution in [-0.4, -0.2) is 37.2 Å². The smallest absolute Gasteiger partial charge is 0.306 e. The van der Waals surface area contributed by atoms with Gasteiger partial charge in [-0.1, -0.05) is 278 Å². The summed E-state index contributed by atoms with van der Waals surface area (Å²) < 4.78 is 16.9. The highest BCUT2D eigenvalue weighted by atomic mass is 16.6. The Morgan fingerprint density at radius 3 is 0.829 bits per heavy atom. The van der Waals surface area contributed by atoms with Crippen LogP contribution in [0, 0.1) is 0 Å². The number of allylic oxidation sites excluding steroid dienone is 18. The molecule has 0 aromatic carbocycles. The number of rotatable bonds is 57. The van der Waals surface area contributed by atoms with Crippen molar-refractivity contribution in [1.29, 1.82) is 0 Å². The first-order valence-corrected chi connectivity index (χ1v) is 31.9. The molecule has 0 spiro atoms. The highest BCUT2D eigenvalue weighted by Gasteiger charge is 2.19. The second kappa shape index (κ2) is 63.6. The first-order valence-electron chi connectivity index (χ1n) is 31.9. The van der Waals surface area contributed by atoms with Gasteiger partial charge in [0.15, 0.2) is 6.10 Å². The van der Waals surface area contributed by atoms with E-state index in [0.29, 0.717) is 19.3 Å². The Bertz CT molecular complexity index is 1540. The van der Waals surface area contributed by atoms with Crippen LogP contribution < -0.4 is 0 Å². The van der Waals surface area contributed by atoms with Gasteiger partial charge in [0.2, 0.25) is 0 Å². The maximum atomic E-state index is 12.9. The molecule has 1 unspecified atom stereocenters. The summed E-state index contributed by atoms with van der Waals surface area (Å²) in [6.45, 7) is 6.50. The largest absolute Gasteiger partial charge is 0.462 e. The Morgan fingerprint density at radius 2 is 0.513 bits per heavy atom. The molecular formula is C70H118O6. The van der Waals surface area contributed by atoms with E-state index in [9.17, 15) is 14.4 Å². The summed E-state index contributed by atoms with van der Waals surface area (Å²) in [7, 11) is 0. The van der Waals surface area contributed by atoms with Gasteiger partial charge in [-0.2, -0.15) is 0 Å². The predicted octanol–water partition coefficient (Wildman–Crippen LogP) is 21.8. The Kier molecular flexibility index (Phi) is 60.3. The fourth-order valence-corrected chi connectivity index (χ4v) is 8.75. The normalized spacial score (nSPS) is 12.8. The van der Waals surface area contributed by atoms with Gasteiger partial charge in [0, 0.05) is 19.3 Å². The molecule has 0 aromatic rings. The molecule has 6 nitrogen and oxygen atoms in total. The minimum Gasteiger partial charge on any atom is -0.462 e. The highest BCUT2D eigenvalue weighted by Crippen LogP contribution is 2.16. The van der Waals surface area contributed by atoms with Crippen LogP contribution in [0.4, 0.5) is 0 Å². The molecule has 76 heavy (non-hydrogen) atoms. The van der Waals surface area contributed by atoms with Crippen molar-refractivity contribution in [3.05, 3.63) is 109 Å². The average Bonchev–Trinajstić information content (AvgIpc) is 3.42. The Morgan fingerprint density at radius 1 is 0.276 bits per heavy atom. The van der Waals surface area contributed by atoms with Crippen LogP contribution in [0.15, 0.2) is 109 Å². The Hall–Kier alpha value is -3.93. The minimum atomic E-state index is -0.789. The van der Waals surface area contributed by atoms with Crippen LogP contribution in [0.2, 0.25) is 0 Å². The summed E-state index contributed by atoms with van der Waals surface area (Å²) in [6.07, 6.45) is 86.6. The summed E-state index contributed by atoms with van der Waals surface area (Å²) in [5.41, 5.74) is 0. The number of esters is 3. The molecule has 1 atom stereocenters. The SMILES string of the molecule is CC/C=C\C/C=C\C/C=C\C/C=C\C/C=C\C/C=C\CCCCCCCCCCC(=O)OCC(COC(=O)CCCCCCCCCCCCCC)OC(=O)CCCCCCCC/C=C\C/C=C\C/C=C\CCCCC. The van der Waals surface area contributed by atoms with E-state index in [1.165, 1.54) is 128 Å². The van der Waals surface area contributed by atoms with Crippen LogP contribution in [0.1, 0.15) is 297 Å². The Balaban J connectivity index is 4.34. The van der Waals surface area contributed by atoms with Crippen LogP contribution in [0.3, 0.4) is 0 Å². The number of carbonyl (C=O) groups excluding carboxylic acids is 3. The van der Waals surface area contributed by atoms with Crippen molar-refractivity contribution >= 4 is 17.9 Å². The molecule has 6 heteroatoms. The second-order valence-electron chi connectivity index (χ2n) is 20.9. The molecule has 0 aliphatic rings. The third kappa shape index (κ3) is 60.9. The van der Waals surface area contributed by atoms with Crippen molar-refractivity contribution in [3.63, 3.8) is 0 Å². The van der Waals surface area contributed by atoms with Gasteiger partial charge in [-0.05, 0) is 109 Å². The lowest BCUT2D eigenvalue weighted by Crippen LogP contribution is -2.30. The van der Waals surface area contributed by atoms with Gasteiger partial charge >= 0.3 is 17.9 Å². The predicted molar refractivity (Wildman–Crippen MR) is 330 cm³/mol. The lowest BCUT2D eigenvalue weighted by molar-refractivity contribution is -0.167. The highest BCUT2D eigenvalue weighted by molar-refractivity contribution is 5.71. The molecule has 0 aliphatic carbocycles. The van der Waals surface area contributed by atoms with Gasteiger partial charge in [-0.3, -0.25) is 14.4 Å². The van der Waals surface area contributed by atoms with Gasteiger partial charge in [0.05, 0.1) is 0 Å². The van der Waals surface area contributed by atoms with E-state index in [4.69, 9.17) is 14.2 Å². The minimum absolute atomic E-state index is 0.0846. The molecular weight excluding hydrogens is 937 g/mol. The molecule has 0 saturated carbocycles. The number of hydrogen-bond donors (Lipinski definition) is 0. The van der Waals surface area contributed by atoms with Crippen LogP contribution in [0.5, 0.6) is 0 Å². The van der Waals surface area contributed by atoms with Crippen molar-refractivity contribution in [2.24, 2.45) is 0 Å². The van der Waals surface area contributed by atoms with Gasteiger partial charge in [0.1, 0.15) is 13.2 Å². The lowest BCUT2D eigenvalue weighted by atomic mass is 10.0. The number of ether oxygens (including phenoxy) is 3. The number of unbranched alkanes of at least 4 members (excludes halogenated alkanes) is 28. The molecule has 434 valence electrons. The molecule has 0 heterocycles. The van der Waals surface area contributed by atoms with Crippen LogP contribution in [-0.2, 0) is 28.6 Å². The van der Waals surface area contributed by atoms with Gasteiger partial charge in [-0.15, -0.1) is 0 Å². The number of carbonyl (C=O) groups is 3. The molecule has 0 amide bonds. The van der Waals surface area contributed by atoms with E-state index < -0.39 is 6.10 Å². The van der Waals surface area contributed by atoms with E-state index in [1.807, 2.05) is 0 Å². The summed E-state index contributed by atoms with van der Waals surface area (Å²) in [5.74, 6) is -0.899. The van der Waals surface area contributed by atoms with Crippen molar-refractivity contribution in [3.8, 4) is 0 Å². The molecule has 0 aliphatic heterocycles. The molecule has 0 fully saturated rings. The molecule has 0 bridgehead atoms. The second-order valence-corrected chi connectivity index (χ2v) is 20.9.